The molecule has 0 radical (unpaired) electrons. The van der Waals surface area contributed by atoms with E-state index in [0.717, 1.165) is 19.1 Å². The summed E-state index contributed by atoms with van der Waals surface area (Å²) in [4.78, 5) is 0. The monoisotopic (exact) mass is 281 g/mol. The number of likely N-dealkylation sites (N-methyl/N-ethyl adjacent to an activating group) is 1. The van der Waals surface area contributed by atoms with E-state index in [-0.39, 0.29) is 5.60 Å². The summed E-state index contributed by atoms with van der Waals surface area (Å²) >= 11 is 0. The molecular formula is C18H35NO. The van der Waals surface area contributed by atoms with Gasteiger partial charge in [-0.25, -0.2) is 0 Å². The summed E-state index contributed by atoms with van der Waals surface area (Å²) in [5.41, 5.74) is 0.613. The summed E-state index contributed by atoms with van der Waals surface area (Å²) in [7, 11) is 0. The minimum atomic E-state index is 0.106. The Kier molecular flexibility index (Phi) is 5.53. The van der Waals surface area contributed by atoms with Gasteiger partial charge in [0, 0.05) is 12.6 Å². The Morgan fingerprint density at radius 1 is 1.05 bits per heavy atom. The predicted octanol–water partition coefficient (Wildman–Crippen LogP) is 4.53. The van der Waals surface area contributed by atoms with Gasteiger partial charge in [0.1, 0.15) is 0 Å². The number of rotatable bonds is 6. The van der Waals surface area contributed by atoms with E-state index in [2.05, 4.69) is 33.0 Å². The fourth-order valence-electron chi connectivity index (χ4n) is 4.48. The van der Waals surface area contributed by atoms with Crippen molar-refractivity contribution in [3.63, 3.8) is 0 Å². The SMILES string of the molecule is CCNC(C1CCCC1)C1(OCC)CCC(C)(C)CC1. The van der Waals surface area contributed by atoms with Crippen LogP contribution in [0.4, 0.5) is 0 Å². The Labute approximate surface area is 126 Å². The highest BCUT2D eigenvalue weighted by Crippen LogP contribution is 2.47. The van der Waals surface area contributed by atoms with Crippen molar-refractivity contribution in [1.82, 2.24) is 5.32 Å². The van der Waals surface area contributed by atoms with Crippen molar-refractivity contribution in [2.24, 2.45) is 11.3 Å². The molecule has 20 heavy (non-hydrogen) atoms. The second kappa shape index (κ2) is 6.79. The molecule has 0 aliphatic heterocycles. The van der Waals surface area contributed by atoms with Crippen LogP contribution in [0.2, 0.25) is 0 Å². The summed E-state index contributed by atoms with van der Waals surface area (Å²) < 4.78 is 6.43. The number of ether oxygens (including phenoxy) is 1. The normalized spacial score (nSPS) is 27.6. The van der Waals surface area contributed by atoms with Crippen LogP contribution in [0.1, 0.15) is 79.1 Å². The average Bonchev–Trinajstić information content (AvgIpc) is 2.93. The third-order valence-corrected chi connectivity index (χ3v) is 5.74. The lowest BCUT2D eigenvalue weighted by Crippen LogP contribution is -2.58. The lowest BCUT2D eigenvalue weighted by atomic mass is 9.66. The number of nitrogens with one attached hydrogen (secondary N) is 1. The Morgan fingerprint density at radius 3 is 2.15 bits per heavy atom. The number of hydrogen-bond acceptors (Lipinski definition) is 2. The molecule has 0 heterocycles. The largest absolute Gasteiger partial charge is 0.374 e. The molecule has 0 saturated heterocycles. The first-order valence-corrected chi connectivity index (χ1v) is 8.90. The van der Waals surface area contributed by atoms with Gasteiger partial charge in [-0.3, -0.25) is 0 Å². The van der Waals surface area contributed by atoms with Gasteiger partial charge in [0.2, 0.25) is 0 Å². The third kappa shape index (κ3) is 3.57. The van der Waals surface area contributed by atoms with Crippen LogP contribution in [0.25, 0.3) is 0 Å². The zero-order valence-corrected chi connectivity index (χ0v) is 14.1. The van der Waals surface area contributed by atoms with Crippen molar-refractivity contribution in [2.75, 3.05) is 13.2 Å². The summed E-state index contributed by atoms with van der Waals surface area (Å²) in [5, 5.41) is 3.82. The Balaban J connectivity index is 2.15. The van der Waals surface area contributed by atoms with Crippen LogP contribution in [0.5, 0.6) is 0 Å². The fourth-order valence-corrected chi connectivity index (χ4v) is 4.48. The Morgan fingerprint density at radius 2 is 1.65 bits per heavy atom. The van der Waals surface area contributed by atoms with E-state index < -0.39 is 0 Å². The molecule has 2 nitrogen and oxygen atoms in total. The molecule has 1 N–H and O–H groups in total. The van der Waals surface area contributed by atoms with Crippen molar-refractivity contribution in [3.8, 4) is 0 Å². The zero-order chi connectivity index (χ0) is 14.6. The minimum Gasteiger partial charge on any atom is -0.374 e. The van der Waals surface area contributed by atoms with Crippen LogP contribution >= 0.6 is 0 Å². The van der Waals surface area contributed by atoms with E-state index >= 15 is 0 Å². The minimum absolute atomic E-state index is 0.106. The molecule has 0 bridgehead atoms. The smallest absolute Gasteiger partial charge is 0.0837 e. The van der Waals surface area contributed by atoms with Gasteiger partial charge in [-0.15, -0.1) is 0 Å². The molecule has 0 aromatic carbocycles. The average molecular weight is 281 g/mol. The molecule has 0 amide bonds. The van der Waals surface area contributed by atoms with Crippen molar-refractivity contribution >= 4 is 0 Å². The second-order valence-corrected chi connectivity index (χ2v) is 7.74. The van der Waals surface area contributed by atoms with Crippen molar-refractivity contribution in [3.05, 3.63) is 0 Å². The fraction of sp³-hybridized carbons (Fsp3) is 1.00. The van der Waals surface area contributed by atoms with Gasteiger partial charge in [0.05, 0.1) is 5.60 Å². The van der Waals surface area contributed by atoms with Crippen molar-refractivity contribution in [2.45, 2.75) is 90.7 Å². The molecule has 0 spiro atoms. The molecule has 2 rings (SSSR count). The van der Waals surface area contributed by atoms with Crippen LogP contribution in [0, 0.1) is 11.3 Å². The molecule has 2 aliphatic rings. The second-order valence-electron chi connectivity index (χ2n) is 7.74. The lowest BCUT2D eigenvalue weighted by Gasteiger charge is -2.49. The summed E-state index contributed by atoms with van der Waals surface area (Å²) in [5.74, 6) is 0.836. The third-order valence-electron chi connectivity index (χ3n) is 5.74. The quantitative estimate of drug-likeness (QED) is 0.772. The van der Waals surface area contributed by atoms with Gasteiger partial charge < -0.3 is 10.1 Å². The maximum absolute atomic E-state index is 6.43. The zero-order valence-electron chi connectivity index (χ0n) is 14.1. The van der Waals surface area contributed by atoms with E-state index in [1.165, 1.54) is 51.4 Å². The molecule has 2 heteroatoms. The van der Waals surface area contributed by atoms with E-state index in [9.17, 15) is 0 Å². The van der Waals surface area contributed by atoms with Gasteiger partial charge in [-0.05, 0) is 63.3 Å². The Hall–Kier alpha value is -0.0800. The predicted molar refractivity (Wildman–Crippen MR) is 86.0 cm³/mol. The van der Waals surface area contributed by atoms with Crippen LogP contribution in [0.15, 0.2) is 0 Å². The van der Waals surface area contributed by atoms with Gasteiger partial charge in [0.25, 0.3) is 0 Å². The van der Waals surface area contributed by atoms with Crippen LogP contribution in [0.3, 0.4) is 0 Å². The molecule has 2 fully saturated rings. The number of hydrogen-bond donors (Lipinski definition) is 1. The molecule has 0 aromatic heterocycles. The molecule has 1 atom stereocenters. The first kappa shape index (κ1) is 16.3. The molecule has 118 valence electrons. The maximum Gasteiger partial charge on any atom is 0.0837 e. The highest BCUT2D eigenvalue weighted by atomic mass is 16.5. The molecule has 1 unspecified atom stereocenters. The van der Waals surface area contributed by atoms with Gasteiger partial charge in [-0.1, -0.05) is 33.6 Å². The molecule has 2 aliphatic carbocycles. The van der Waals surface area contributed by atoms with Crippen molar-refractivity contribution in [1.29, 1.82) is 0 Å². The molecular weight excluding hydrogens is 246 g/mol. The van der Waals surface area contributed by atoms with Gasteiger partial charge in [-0.2, -0.15) is 0 Å². The Bertz CT molecular complexity index is 284. The highest BCUT2D eigenvalue weighted by Gasteiger charge is 2.47. The lowest BCUT2D eigenvalue weighted by molar-refractivity contribution is -0.117. The van der Waals surface area contributed by atoms with Gasteiger partial charge >= 0.3 is 0 Å². The van der Waals surface area contributed by atoms with Crippen LogP contribution < -0.4 is 5.32 Å². The summed E-state index contributed by atoms with van der Waals surface area (Å²) in [6.45, 7) is 11.2. The van der Waals surface area contributed by atoms with E-state index in [4.69, 9.17) is 4.74 Å². The standard InChI is InChI=1S/C18H35NO/c1-5-19-16(15-9-7-8-10-15)18(20-6-2)13-11-17(3,4)12-14-18/h15-16,19H,5-14H2,1-4H3. The van der Waals surface area contributed by atoms with E-state index in [1.807, 2.05) is 0 Å². The first-order chi connectivity index (χ1) is 9.53. The van der Waals surface area contributed by atoms with E-state index in [1.54, 1.807) is 0 Å². The molecule has 2 saturated carbocycles. The van der Waals surface area contributed by atoms with Gasteiger partial charge in [0.15, 0.2) is 0 Å². The summed E-state index contributed by atoms with van der Waals surface area (Å²) in [6, 6.07) is 0.575. The first-order valence-electron chi connectivity index (χ1n) is 8.90. The van der Waals surface area contributed by atoms with Crippen LogP contribution in [-0.2, 0) is 4.74 Å². The van der Waals surface area contributed by atoms with Crippen LogP contribution in [-0.4, -0.2) is 24.8 Å². The maximum atomic E-state index is 6.43. The summed E-state index contributed by atoms with van der Waals surface area (Å²) in [6.07, 6.45) is 10.7. The molecule has 0 aromatic rings. The van der Waals surface area contributed by atoms with E-state index in [0.29, 0.717) is 11.5 Å². The highest BCUT2D eigenvalue weighted by molar-refractivity contribution is 5.02. The topological polar surface area (TPSA) is 21.3 Å². The van der Waals surface area contributed by atoms with Crippen molar-refractivity contribution < 1.29 is 4.74 Å².